The van der Waals surface area contributed by atoms with Crippen LogP contribution in [-0.2, 0) is 14.4 Å². The number of amides is 2. The molecule has 0 spiro atoms. The Morgan fingerprint density at radius 2 is 1.42 bits per heavy atom. The number of fused-ring (bicyclic) bond motifs is 1. The fourth-order valence-electron chi connectivity index (χ4n) is 4.48. The number of benzene rings is 3. The number of imide groups is 1. The van der Waals surface area contributed by atoms with Crippen molar-refractivity contribution in [1.29, 1.82) is 0 Å². The molecule has 2 aliphatic rings. The highest BCUT2D eigenvalue weighted by Crippen LogP contribution is 2.47. The smallest absolute Gasteiger partial charge is 0.266 e. The minimum atomic E-state index is -0.895. The Morgan fingerprint density at radius 1 is 0.818 bits per heavy atom. The molecule has 7 heteroatoms. The Balaban J connectivity index is 1.57. The lowest BCUT2D eigenvalue weighted by atomic mass is 9.90. The number of carbonyl (C=O) groups excluding carboxylic acids is 2. The highest BCUT2D eigenvalue weighted by atomic mass is 35.5. The molecule has 0 N–H and O–H groups in total. The number of aryl methyl sites for hydroxylation is 1. The van der Waals surface area contributed by atoms with Crippen molar-refractivity contribution in [3.63, 3.8) is 0 Å². The molecule has 2 aliphatic heterocycles. The lowest BCUT2D eigenvalue weighted by Crippen LogP contribution is -2.37. The fraction of sp³-hybridized carbons (Fsp3) is 0.231. The molecule has 2 saturated heterocycles. The molecular formula is C26H24ClN3O3. The van der Waals surface area contributed by atoms with Crippen molar-refractivity contribution in [3.05, 3.63) is 88.9 Å². The highest BCUT2D eigenvalue weighted by Gasteiger charge is 2.60. The molecule has 0 aromatic heterocycles. The summed E-state index contributed by atoms with van der Waals surface area (Å²) in [5.41, 5.74) is 4.30. The van der Waals surface area contributed by atoms with Crippen LogP contribution in [0.3, 0.4) is 0 Å². The molecule has 5 rings (SSSR count). The second kappa shape index (κ2) is 8.21. The molecular weight excluding hydrogens is 438 g/mol. The van der Waals surface area contributed by atoms with Crippen molar-refractivity contribution < 1.29 is 14.4 Å². The van der Waals surface area contributed by atoms with Crippen LogP contribution in [0.25, 0.3) is 0 Å². The molecule has 0 saturated carbocycles. The van der Waals surface area contributed by atoms with Gasteiger partial charge in [0.2, 0.25) is 5.91 Å². The van der Waals surface area contributed by atoms with Gasteiger partial charge in [-0.3, -0.25) is 14.4 Å². The van der Waals surface area contributed by atoms with Gasteiger partial charge in [-0.15, -0.1) is 0 Å². The summed E-state index contributed by atoms with van der Waals surface area (Å²) in [4.78, 5) is 36.5. The van der Waals surface area contributed by atoms with E-state index < -0.39 is 18.1 Å². The van der Waals surface area contributed by atoms with Crippen LogP contribution in [0.4, 0.5) is 17.1 Å². The molecule has 0 aliphatic carbocycles. The molecule has 3 atom stereocenters. The first-order valence-corrected chi connectivity index (χ1v) is 11.2. The topological polar surface area (TPSA) is 53.1 Å². The molecule has 0 radical (unpaired) electrons. The van der Waals surface area contributed by atoms with E-state index in [4.69, 9.17) is 16.4 Å². The standard InChI is InChI=1S/C26H24ClN3O3/c1-16-4-10-20(11-5-16)29-25(31)22-23(17-6-12-19(13-7-17)28(2)3)30(33-24(22)26(29)32)21-14-8-18(27)9-15-21/h4-15,22-24H,1-3H3/t22-,23+,24+/m0/s1. The van der Waals surface area contributed by atoms with Gasteiger partial charge in [0.1, 0.15) is 5.92 Å². The van der Waals surface area contributed by atoms with Crippen molar-refractivity contribution >= 4 is 40.5 Å². The van der Waals surface area contributed by atoms with Crippen molar-refractivity contribution in [1.82, 2.24) is 0 Å². The van der Waals surface area contributed by atoms with Gasteiger partial charge >= 0.3 is 0 Å². The number of carbonyl (C=O) groups is 2. The SMILES string of the molecule is Cc1ccc(N2C(=O)[C@H]3[C@@H](c4ccc(N(C)C)cc4)N(c4ccc(Cl)cc4)O[C@H]3C2=O)cc1. The molecule has 3 aromatic rings. The number of hydrogen-bond acceptors (Lipinski definition) is 5. The maximum Gasteiger partial charge on any atom is 0.266 e. The van der Waals surface area contributed by atoms with Gasteiger partial charge in [0.15, 0.2) is 6.10 Å². The first-order chi connectivity index (χ1) is 15.8. The summed E-state index contributed by atoms with van der Waals surface area (Å²) in [6.45, 7) is 1.96. The maximum atomic E-state index is 13.6. The van der Waals surface area contributed by atoms with Crippen LogP contribution >= 0.6 is 11.6 Å². The third-order valence-corrected chi connectivity index (χ3v) is 6.49. The van der Waals surface area contributed by atoms with E-state index in [-0.39, 0.29) is 11.8 Å². The summed E-state index contributed by atoms with van der Waals surface area (Å²) < 4.78 is 0. The molecule has 0 bridgehead atoms. The average molecular weight is 462 g/mol. The molecule has 168 valence electrons. The van der Waals surface area contributed by atoms with Gasteiger partial charge < -0.3 is 4.90 Å². The molecule has 2 fully saturated rings. The summed E-state index contributed by atoms with van der Waals surface area (Å²) in [5.74, 6) is -1.27. The van der Waals surface area contributed by atoms with E-state index in [0.717, 1.165) is 22.5 Å². The lowest BCUT2D eigenvalue weighted by Gasteiger charge is -2.29. The van der Waals surface area contributed by atoms with Crippen molar-refractivity contribution in [2.75, 3.05) is 29.0 Å². The zero-order chi connectivity index (χ0) is 23.3. The van der Waals surface area contributed by atoms with Crippen LogP contribution in [0, 0.1) is 12.8 Å². The number of rotatable bonds is 4. The average Bonchev–Trinajstić information content (AvgIpc) is 3.31. The number of halogens is 1. The van der Waals surface area contributed by atoms with Crippen LogP contribution < -0.4 is 14.9 Å². The Hall–Kier alpha value is -3.35. The first-order valence-electron chi connectivity index (χ1n) is 10.8. The first kappa shape index (κ1) is 21.5. The Labute approximate surface area is 197 Å². The zero-order valence-corrected chi connectivity index (χ0v) is 19.4. The van der Waals surface area contributed by atoms with Gasteiger partial charge in [0, 0.05) is 24.8 Å². The van der Waals surface area contributed by atoms with E-state index in [1.165, 1.54) is 4.90 Å². The zero-order valence-electron chi connectivity index (χ0n) is 18.6. The van der Waals surface area contributed by atoms with Crippen LogP contribution in [0.1, 0.15) is 17.2 Å². The number of hydrogen-bond donors (Lipinski definition) is 0. The summed E-state index contributed by atoms with van der Waals surface area (Å²) in [7, 11) is 3.95. The van der Waals surface area contributed by atoms with Gasteiger partial charge in [-0.2, -0.15) is 0 Å². The minimum Gasteiger partial charge on any atom is -0.378 e. The van der Waals surface area contributed by atoms with E-state index in [9.17, 15) is 9.59 Å². The quantitative estimate of drug-likeness (QED) is 0.524. The predicted molar refractivity (Wildman–Crippen MR) is 129 cm³/mol. The largest absolute Gasteiger partial charge is 0.378 e. The Morgan fingerprint density at radius 3 is 2.03 bits per heavy atom. The van der Waals surface area contributed by atoms with Crippen LogP contribution in [0.5, 0.6) is 0 Å². The van der Waals surface area contributed by atoms with Crippen LogP contribution in [-0.4, -0.2) is 32.0 Å². The van der Waals surface area contributed by atoms with Gasteiger partial charge in [0.05, 0.1) is 17.4 Å². The number of hydroxylamine groups is 1. The maximum absolute atomic E-state index is 13.6. The Bertz CT molecular complexity index is 1190. The normalized spacial score (nSPS) is 22.1. The Kier molecular flexibility index (Phi) is 5.35. The molecule has 2 amide bonds. The molecule has 3 aromatic carbocycles. The number of nitrogens with zero attached hydrogens (tertiary/aromatic N) is 3. The molecule has 33 heavy (non-hydrogen) atoms. The second-order valence-electron chi connectivity index (χ2n) is 8.63. The second-order valence-corrected chi connectivity index (χ2v) is 9.07. The van der Waals surface area contributed by atoms with Crippen LogP contribution in [0.15, 0.2) is 72.8 Å². The summed E-state index contributed by atoms with van der Waals surface area (Å²) >= 11 is 6.08. The fourth-order valence-corrected chi connectivity index (χ4v) is 4.61. The highest BCUT2D eigenvalue weighted by molar-refractivity contribution is 6.30. The predicted octanol–water partition coefficient (Wildman–Crippen LogP) is 4.77. The monoisotopic (exact) mass is 461 g/mol. The minimum absolute atomic E-state index is 0.257. The summed E-state index contributed by atoms with van der Waals surface area (Å²) in [6, 6.07) is 22.1. The van der Waals surface area contributed by atoms with Crippen LogP contribution in [0.2, 0.25) is 5.02 Å². The van der Waals surface area contributed by atoms with Crippen molar-refractivity contribution in [2.24, 2.45) is 5.92 Å². The van der Waals surface area contributed by atoms with Crippen molar-refractivity contribution in [2.45, 2.75) is 19.1 Å². The molecule has 0 unspecified atom stereocenters. The van der Waals surface area contributed by atoms with Gasteiger partial charge in [-0.1, -0.05) is 41.4 Å². The van der Waals surface area contributed by atoms with E-state index in [0.29, 0.717) is 10.7 Å². The summed E-state index contributed by atoms with van der Waals surface area (Å²) in [5, 5.41) is 2.28. The van der Waals surface area contributed by atoms with E-state index >= 15 is 0 Å². The third-order valence-electron chi connectivity index (χ3n) is 6.24. The number of anilines is 3. The van der Waals surface area contributed by atoms with Gasteiger partial charge in [-0.05, 0) is 61.0 Å². The van der Waals surface area contributed by atoms with E-state index in [1.807, 2.05) is 74.4 Å². The lowest BCUT2D eigenvalue weighted by molar-refractivity contribution is -0.126. The summed E-state index contributed by atoms with van der Waals surface area (Å²) in [6.07, 6.45) is -0.895. The molecule has 2 heterocycles. The van der Waals surface area contributed by atoms with E-state index in [1.54, 1.807) is 29.3 Å². The van der Waals surface area contributed by atoms with Gasteiger partial charge in [-0.25, -0.2) is 9.96 Å². The molecule has 6 nitrogen and oxygen atoms in total. The van der Waals surface area contributed by atoms with E-state index in [2.05, 4.69) is 0 Å². The van der Waals surface area contributed by atoms with Gasteiger partial charge in [0.25, 0.3) is 5.91 Å². The third kappa shape index (κ3) is 3.65. The van der Waals surface area contributed by atoms with Crippen molar-refractivity contribution in [3.8, 4) is 0 Å².